The smallest absolute Gasteiger partial charge is 0.242 e. The Morgan fingerprint density at radius 3 is 2.71 bits per heavy atom. The summed E-state index contributed by atoms with van der Waals surface area (Å²) in [5.74, 6) is 0. The molecule has 0 bridgehead atoms. The van der Waals surface area contributed by atoms with Crippen molar-refractivity contribution in [3.8, 4) is 0 Å². The van der Waals surface area contributed by atoms with E-state index < -0.39 is 16.1 Å². The van der Waals surface area contributed by atoms with Crippen molar-refractivity contribution in [2.45, 2.75) is 44.2 Å². The van der Waals surface area contributed by atoms with Gasteiger partial charge in [-0.3, -0.25) is 4.98 Å². The monoisotopic (exact) mass is 308 g/mol. The second-order valence-electron chi connectivity index (χ2n) is 5.45. The van der Waals surface area contributed by atoms with Gasteiger partial charge in [0.1, 0.15) is 4.90 Å². The van der Waals surface area contributed by atoms with Crippen molar-refractivity contribution in [1.29, 1.82) is 0 Å². The van der Waals surface area contributed by atoms with E-state index in [1.165, 1.54) is 0 Å². The molecular weight excluding hydrogens is 288 g/mol. The Hall–Kier alpha value is -1.50. The number of aryl methyl sites for hydroxylation is 1. The minimum atomic E-state index is -3.67. The lowest BCUT2D eigenvalue weighted by atomic mass is 10.2. The van der Waals surface area contributed by atoms with E-state index >= 15 is 0 Å². The molecule has 2 N–H and O–H groups in total. The van der Waals surface area contributed by atoms with Crippen LogP contribution in [0.15, 0.2) is 35.4 Å². The predicted octanol–water partition coefficient (Wildman–Crippen LogP) is 1.98. The SMILES string of the molecule is Cc1cnc2c(S(=O)(=O)NC(C)CC(C)O)cccc2c1. The van der Waals surface area contributed by atoms with Gasteiger partial charge in [0.15, 0.2) is 0 Å². The van der Waals surface area contributed by atoms with Crippen LogP contribution in [-0.4, -0.2) is 30.7 Å². The molecule has 0 fully saturated rings. The van der Waals surface area contributed by atoms with Gasteiger partial charge in [-0.15, -0.1) is 0 Å². The number of para-hydroxylation sites is 1. The molecule has 21 heavy (non-hydrogen) atoms. The molecule has 1 aromatic carbocycles. The van der Waals surface area contributed by atoms with Crippen molar-refractivity contribution in [2.24, 2.45) is 0 Å². The summed E-state index contributed by atoms with van der Waals surface area (Å²) in [6.45, 7) is 5.27. The van der Waals surface area contributed by atoms with Crippen LogP contribution in [0.3, 0.4) is 0 Å². The summed E-state index contributed by atoms with van der Waals surface area (Å²) < 4.78 is 27.6. The molecule has 2 atom stereocenters. The van der Waals surface area contributed by atoms with E-state index in [-0.39, 0.29) is 10.9 Å². The molecule has 2 unspecified atom stereocenters. The van der Waals surface area contributed by atoms with Gasteiger partial charge in [0.05, 0.1) is 11.6 Å². The number of aliphatic hydroxyl groups is 1. The summed E-state index contributed by atoms with van der Waals surface area (Å²) in [5.41, 5.74) is 1.44. The summed E-state index contributed by atoms with van der Waals surface area (Å²) in [5, 5.41) is 10.1. The zero-order valence-corrected chi connectivity index (χ0v) is 13.2. The lowest BCUT2D eigenvalue weighted by Crippen LogP contribution is -2.34. The van der Waals surface area contributed by atoms with Gasteiger partial charge >= 0.3 is 0 Å². The number of rotatable bonds is 5. The summed E-state index contributed by atoms with van der Waals surface area (Å²) >= 11 is 0. The van der Waals surface area contributed by atoms with Crippen LogP contribution in [0.25, 0.3) is 10.9 Å². The first kappa shape index (κ1) is 15.9. The summed E-state index contributed by atoms with van der Waals surface area (Å²) in [7, 11) is -3.67. The number of fused-ring (bicyclic) bond motifs is 1. The van der Waals surface area contributed by atoms with E-state index in [2.05, 4.69) is 9.71 Å². The Bertz CT molecular complexity index is 742. The fourth-order valence-corrected chi connectivity index (χ4v) is 3.78. The largest absolute Gasteiger partial charge is 0.393 e. The number of hydrogen-bond acceptors (Lipinski definition) is 4. The Balaban J connectivity index is 2.41. The van der Waals surface area contributed by atoms with E-state index in [1.807, 2.05) is 19.1 Å². The maximum absolute atomic E-state index is 12.5. The maximum atomic E-state index is 12.5. The third-order valence-electron chi connectivity index (χ3n) is 3.15. The quantitative estimate of drug-likeness (QED) is 0.885. The Labute approximate surface area is 125 Å². The molecule has 0 radical (unpaired) electrons. The number of sulfonamides is 1. The first-order chi connectivity index (χ1) is 9.79. The third-order valence-corrected chi connectivity index (χ3v) is 4.77. The average molecular weight is 308 g/mol. The summed E-state index contributed by atoms with van der Waals surface area (Å²) in [6.07, 6.45) is 1.45. The van der Waals surface area contributed by atoms with Crippen LogP contribution < -0.4 is 4.72 Å². The van der Waals surface area contributed by atoms with Gasteiger partial charge in [-0.1, -0.05) is 12.1 Å². The van der Waals surface area contributed by atoms with Crippen LogP contribution in [0.1, 0.15) is 25.8 Å². The van der Waals surface area contributed by atoms with Crippen molar-refractivity contribution in [1.82, 2.24) is 9.71 Å². The molecule has 1 aromatic heterocycles. The molecule has 0 saturated heterocycles. The number of nitrogens with one attached hydrogen (secondary N) is 1. The van der Waals surface area contributed by atoms with Crippen LogP contribution in [0.2, 0.25) is 0 Å². The second kappa shape index (κ2) is 6.09. The van der Waals surface area contributed by atoms with Crippen molar-refractivity contribution >= 4 is 20.9 Å². The van der Waals surface area contributed by atoms with Crippen LogP contribution in [0.5, 0.6) is 0 Å². The number of aromatic nitrogens is 1. The van der Waals surface area contributed by atoms with E-state index in [0.29, 0.717) is 11.9 Å². The van der Waals surface area contributed by atoms with E-state index in [9.17, 15) is 13.5 Å². The van der Waals surface area contributed by atoms with Crippen molar-refractivity contribution in [3.05, 3.63) is 36.0 Å². The van der Waals surface area contributed by atoms with E-state index in [0.717, 1.165) is 10.9 Å². The highest BCUT2D eigenvalue weighted by Crippen LogP contribution is 2.22. The molecule has 0 amide bonds. The van der Waals surface area contributed by atoms with E-state index in [1.54, 1.807) is 32.2 Å². The normalized spacial score (nSPS) is 15.0. The van der Waals surface area contributed by atoms with Gasteiger partial charge in [-0.2, -0.15) is 0 Å². The molecule has 0 aliphatic heterocycles. The van der Waals surface area contributed by atoms with Crippen molar-refractivity contribution < 1.29 is 13.5 Å². The molecule has 5 nitrogen and oxygen atoms in total. The van der Waals surface area contributed by atoms with Gasteiger partial charge in [0.2, 0.25) is 10.0 Å². The summed E-state index contributed by atoms with van der Waals surface area (Å²) in [6, 6.07) is 6.64. The molecule has 0 spiro atoms. The van der Waals surface area contributed by atoms with Crippen LogP contribution in [0, 0.1) is 6.92 Å². The number of aliphatic hydroxyl groups excluding tert-OH is 1. The fraction of sp³-hybridized carbons (Fsp3) is 0.400. The Kier molecular flexibility index (Phi) is 4.61. The molecule has 0 aliphatic rings. The highest BCUT2D eigenvalue weighted by molar-refractivity contribution is 7.89. The number of benzene rings is 1. The Morgan fingerprint density at radius 2 is 2.05 bits per heavy atom. The number of hydrogen-bond donors (Lipinski definition) is 2. The van der Waals surface area contributed by atoms with Gasteiger partial charge in [-0.05, 0) is 44.9 Å². The topological polar surface area (TPSA) is 79.3 Å². The molecule has 6 heteroatoms. The zero-order chi connectivity index (χ0) is 15.6. The minimum Gasteiger partial charge on any atom is -0.393 e. The van der Waals surface area contributed by atoms with Crippen LogP contribution in [-0.2, 0) is 10.0 Å². The van der Waals surface area contributed by atoms with Crippen LogP contribution in [0.4, 0.5) is 0 Å². The maximum Gasteiger partial charge on any atom is 0.242 e. The number of nitrogens with zero attached hydrogens (tertiary/aromatic N) is 1. The van der Waals surface area contributed by atoms with E-state index in [4.69, 9.17) is 0 Å². The molecule has 1 heterocycles. The molecule has 114 valence electrons. The zero-order valence-electron chi connectivity index (χ0n) is 12.4. The predicted molar refractivity (Wildman–Crippen MR) is 82.6 cm³/mol. The van der Waals surface area contributed by atoms with Crippen molar-refractivity contribution in [3.63, 3.8) is 0 Å². The molecular formula is C15H20N2O3S. The van der Waals surface area contributed by atoms with Crippen LogP contribution >= 0.6 is 0 Å². The standard InChI is InChI=1S/C15H20N2O3S/c1-10-7-13-5-4-6-14(15(13)16-9-10)21(19,20)17-11(2)8-12(3)18/h4-7,9,11-12,17-18H,8H2,1-3H3. The first-order valence-corrected chi connectivity index (χ1v) is 8.33. The summed E-state index contributed by atoms with van der Waals surface area (Å²) in [4.78, 5) is 4.41. The van der Waals surface area contributed by atoms with Crippen molar-refractivity contribution in [2.75, 3.05) is 0 Å². The molecule has 0 saturated carbocycles. The molecule has 0 aliphatic carbocycles. The lowest BCUT2D eigenvalue weighted by molar-refractivity contribution is 0.175. The average Bonchev–Trinajstić information content (AvgIpc) is 2.35. The van der Waals surface area contributed by atoms with Gasteiger partial charge < -0.3 is 5.11 Å². The first-order valence-electron chi connectivity index (χ1n) is 6.85. The molecule has 2 aromatic rings. The third kappa shape index (κ3) is 3.78. The lowest BCUT2D eigenvalue weighted by Gasteiger charge is -2.16. The number of pyridine rings is 1. The molecule has 2 rings (SSSR count). The van der Waals surface area contributed by atoms with Gasteiger partial charge in [0, 0.05) is 17.6 Å². The van der Waals surface area contributed by atoms with Gasteiger partial charge in [-0.25, -0.2) is 13.1 Å². The Morgan fingerprint density at radius 1 is 1.33 bits per heavy atom. The highest BCUT2D eigenvalue weighted by atomic mass is 32.2. The minimum absolute atomic E-state index is 0.164. The van der Waals surface area contributed by atoms with Gasteiger partial charge in [0.25, 0.3) is 0 Å². The second-order valence-corrected chi connectivity index (χ2v) is 7.13. The fourth-order valence-electron chi connectivity index (χ4n) is 2.35. The highest BCUT2D eigenvalue weighted by Gasteiger charge is 2.21.